The first kappa shape index (κ1) is 10.8. The highest BCUT2D eigenvalue weighted by Crippen LogP contribution is 2.32. The Hall–Kier alpha value is -2.31. The third-order valence-electron chi connectivity index (χ3n) is 2.51. The molecule has 0 amide bonds. The molecule has 0 aliphatic carbocycles. The highest BCUT2D eigenvalue weighted by molar-refractivity contribution is 5.80. The summed E-state index contributed by atoms with van der Waals surface area (Å²) in [4.78, 5) is 6.89. The first-order chi connectivity index (χ1) is 8.54. The van der Waals surface area contributed by atoms with Crippen LogP contribution in [0.4, 0.5) is 13.2 Å². The molecule has 3 rings (SSSR count). The molecule has 7 heteroatoms. The van der Waals surface area contributed by atoms with Gasteiger partial charge >= 0.3 is 6.18 Å². The molecule has 18 heavy (non-hydrogen) atoms. The summed E-state index contributed by atoms with van der Waals surface area (Å²) < 4.78 is 41.8. The lowest BCUT2D eigenvalue weighted by atomic mass is 10.1. The molecule has 3 aromatic rings. The van der Waals surface area contributed by atoms with Gasteiger partial charge in [0.1, 0.15) is 0 Å². The van der Waals surface area contributed by atoms with Gasteiger partial charge in [-0.15, -0.1) is 0 Å². The fourth-order valence-corrected chi connectivity index (χ4v) is 1.63. The number of H-pyrrole nitrogens is 1. The van der Waals surface area contributed by atoms with Gasteiger partial charge in [0.25, 0.3) is 0 Å². The number of benzene rings is 1. The van der Waals surface area contributed by atoms with E-state index in [1.807, 2.05) is 0 Å². The van der Waals surface area contributed by atoms with Crippen LogP contribution in [-0.2, 0) is 6.18 Å². The first-order valence-electron chi connectivity index (χ1n) is 5.01. The zero-order chi connectivity index (χ0) is 12.8. The zero-order valence-electron chi connectivity index (χ0n) is 8.82. The lowest BCUT2D eigenvalue weighted by molar-refractivity contribution is -0.142. The van der Waals surface area contributed by atoms with Gasteiger partial charge in [0, 0.05) is 11.6 Å². The highest BCUT2D eigenvalue weighted by atomic mass is 19.4. The molecule has 1 N–H and O–H groups in total. The summed E-state index contributed by atoms with van der Waals surface area (Å²) >= 11 is 0. The summed E-state index contributed by atoms with van der Waals surface area (Å²) in [5, 5.41) is 3.01. The second kappa shape index (κ2) is 3.59. The van der Waals surface area contributed by atoms with E-state index in [0.29, 0.717) is 5.56 Å². The maximum Gasteiger partial charge on any atom is 0.436 e. The van der Waals surface area contributed by atoms with Crippen LogP contribution >= 0.6 is 0 Å². The molecule has 4 nitrogen and oxygen atoms in total. The van der Waals surface area contributed by atoms with Crippen LogP contribution in [0, 0.1) is 0 Å². The van der Waals surface area contributed by atoms with Crippen molar-refractivity contribution in [3.63, 3.8) is 0 Å². The van der Waals surface area contributed by atoms with Crippen LogP contribution in [0.25, 0.3) is 22.4 Å². The predicted molar refractivity (Wildman–Crippen MR) is 56.6 cm³/mol. The average molecular weight is 253 g/mol. The van der Waals surface area contributed by atoms with Crippen molar-refractivity contribution in [3.8, 4) is 11.3 Å². The van der Waals surface area contributed by atoms with Crippen molar-refractivity contribution in [1.82, 2.24) is 15.1 Å². The van der Waals surface area contributed by atoms with Gasteiger partial charge in [-0.1, -0.05) is 5.16 Å². The molecule has 1 aromatic carbocycles. The standard InChI is InChI=1S/C11H6F3N3O/c12-11(13,14)10-4-9(18-17-10)6-1-2-7-8(3-6)16-5-15-7/h1-5H,(H,15,16). The maximum atomic E-state index is 12.4. The van der Waals surface area contributed by atoms with E-state index in [-0.39, 0.29) is 5.76 Å². The quantitative estimate of drug-likeness (QED) is 0.724. The third kappa shape index (κ3) is 1.73. The van der Waals surface area contributed by atoms with E-state index in [0.717, 1.165) is 17.1 Å². The van der Waals surface area contributed by atoms with E-state index in [4.69, 9.17) is 4.52 Å². The second-order valence-electron chi connectivity index (χ2n) is 3.71. The Morgan fingerprint density at radius 2 is 2.00 bits per heavy atom. The molecular formula is C11H6F3N3O. The van der Waals surface area contributed by atoms with Gasteiger partial charge < -0.3 is 9.51 Å². The molecule has 0 radical (unpaired) electrons. The first-order valence-corrected chi connectivity index (χ1v) is 5.01. The smallest absolute Gasteiger partial charge is 0.356 e. The van der Waals surface area contributed by atoms with Crippen molar-refractivity contribution >= 4 is 11.0 Å². The van der Waals surface area contributed by atoms with E-state index in [2.05, 4.69) is 15.1 Å². The molecule has 0 unspecified atom stereocenters. The Kier molecular flexibility index (Phi) is 2.16. The number of imidazole rings is 1. The number of nitrogens with one attached hydrogen (secondary N) is 1. The van der Waals surface area contributed by atoms with E-state index >= 15 is 0 Å². The topological polar surface area (TPSA) is 54.7 Å². The number of nitrogens with zero attached hydrogens (tertiary/aromatic N) is 2. The minimum absolute atomic E-state index is 0.0684. The van der Waals surface area contributed by atoms with Gasteiger partial charge in [0.15, 0.2) is 11.5 Å². The van der Waals surface area contributed by atoms with Gasteiger partial charge in [-0.05, 0) is 18.2 Å². The van der Waals surface area contributed by atoms with Crippen LogP contribution in [0.5, 0.6) is 0 Å². The van der Waals surface area contributed by atoms with Crippen LogP contribution in [0.3, 0.4) is 0 Å². The monoisotopic (exact) mass is 253 g/mol. The Balaban J connectivity index is 2.06. The Morgan fingerprint density at radius 3 is 2.72 bits per heavy atom. The van der Waals surface area contributed by atoms with Gasteiger partial charge in [0.05, 0.1) is 17.4 Å². The molecule has 0 saturated heterocycles. The lowest BCUT2D eigenvalue weighted by Crippen LogP contribution is -2.04. The number of alkyl halides is 3. The normalized spacial score (nSPS) is 12.2. The Labute approximate surface area is 98.4 Å². The molecule has 0 saturated carbocycles. The maximum absolute atomic E-state index is 12.4. The van der Waals surface area contributed by atoms with Crippen molar-refractivity contribution in [1.29, 1.82) is 0 Å². The second-order valence-corrected chi connectivity index (χ2v) is 3.71. The SMILES string of the molecule is FC(F)(F)c1cc(-c2ccc3nc[nH]c3c2)on1. The molecular weight excluding hydrogens is 247 g/mol. The van der Waals surface area contributed by atoms with Crippen molar-refractivity contribution in [2.75, 3.05) is 0 Å². The molecule has 0 bridgehead atoms. The number of aromatic nitrogens is 3. The number of aromatic amines is 1. The van der Waals surface area contributed by atoms with Crippen LogP contribution in [0.15, 0.2) is 35.1 Å². The molecule has 0 atom stereocenters. The molecule has 0 aliphatic heterocycles. The van der Waals surface area contributed by atoms with Crippen molar-refractivity contribution in [2.24, 2.45) is 0 Å². The number of fused-ring (bicyclic) bond motifs is 1. The number of halogens is 3. The highest BCUT2D eigenvalue weighted by Gasteiger charge is 2.35. The summed E-state index contributed by atoms with van der Waals surface area (Å²) in [6, 6.07) is 5.85. The van der Waals surface area contributed by atoms with Gasteiger partial charge in [-0.2, -0.15) is 13.2 Å². The largest absolute Gasteiger partial charge is 0.436 e. The number of hydrogen-bond donors (Lipinski definition) is 1. The van der Waals surface area contributed by atoms with Crippen molar-refractivity contribution in [3.05, 3.63) is 36.3 Å². The molecule has 2 aromatic heterocycles. The van der Waals surface area contributed by atoms with Crippen molar-refractivity contribution < 1.29 is 17.7 Å². The molecule has 2 heterocycles. The number of hydrogen-bond acceptors (Lipinski definition) is 3. The summed E-state index contributed by atoms with van der Waals surface area (Å²) in [5.74, 6) is 0.0684. The van der Waals surface area contributed by atoms with Gasteiger partial charge in [-0.25, -0.2) is 4.98 Å². The van der Waals surface area contributed by atoms with Crippen LogP contribution < -0.4 is 0 Å². The van der Waals surface area contributed by atoms with E-state index in [9.17, 15) is 13.2 Å². The summed E-state index contributed by atoms with van der Waals surface area (Å²) in [6.45, 7) is 0. The van der Waals surface area contributed by atoms with Crippen LogP contribution in [0.2, 0.25) is 0 Å². The molecule has 0 aliphatic rings. The average Bonchev–Trinajstić information content (AvgIpc) is 2.96. The van der Waals surface area contributed by atoms with E-state index < -0.39 is 11.9 Å². The van der Waals surface area contributed by atoms with Gasteiger partial charge in [0.2, 0.25) is 0 Å². The molecule has 0 fully saturated rings. The summed E-state index contributed by atoms with van der Waals surface area (Å²) in [7, 11) is 0. The minimum Gasteiger partial charge on any atom is -0.356 e. The van der Waals surface area contributed by atoms with Crippen LogP contribution in [-0.4, -0.2) is 15.1 Å². The number of rotatable bonds is 1. The fraction of sp³-hybridized carbons (Fsp3) is 0.0909. The summed E-state index contributed by atoms with van der Waals surface area (Å²) in [6.07, 6.45) is -2.99. The van der Waals surface area contributed by atoms with Crippen LogP contribution in [0.1, 0.15) is 5.69 Å². The Morgan fingerprint density at radius 1 is 1.17 bits per heavy atom. The van der Waals surface area contributed by atoms with E-state index in [1.54, 1.807) is 18.2 Å². The molecule has 0 spiro atoms. The van der Waals surface area contributed by atoms with E-state index in [1.165, 1.54) is 6.33 Å². The minimum atomic E-state index is -4.50. The Bertz CT molecular complexity index is 699. The fourth-order valence-electron chi connectivity index (χ4n) is 1.63. The third-order valence-corrected chi connectivity index (χ3v) is 2.51. The van der Waals surface area contributed by atoms with Gasteiger partial charge in [-0.3, -0.25) is 0 Å². The lowest BCUT2D eigenvalue weighted by Gasteiger charge is -1.97. The molecule has 92 valence electrons. The zero-order valence-corrected chi connectivity index (χ0v) is 8.82. The predicted octanol–water partition coefficient (Wildman–Crippen LogP) is 3.24. The van der Waals surface area contributed by atoms with Crippen molar-refractivity contribution in [2.45, 2.75) is 6.18 Å². The summed E-state index contributed by atoms with van der Waals surface area (Å²) in [5.41, 5.74) is 0.920.